The second-order valence-corrected chi connectivity index (χ2v) is 2.97. The molecule has 0 amide bonds. The van der Waals surface area contributed by atoms with Gasteiger partial charge in [-0.05, 0) is 18.6 Å². The molecule has 2 nitrogen and oxygen atoms in total. The summed E-state index contributed by atoms with van der Waals surface area (Å²) in [6.07, 6.45) is 1.23. The first-order chi connectivity index (χ1) is 6.19. The molecular formula is C11H12O2. The maximum atomic E-state index is 11.4. The van der Waals surface area contributed by atoms with Crippen molar-refractivity contribution in [2.24, 2.45) is 0 Å². The number of hydrogen-bond donors (Lipinski definition) is 0. The summed E-state index contributed by atoms with van der Waals surface area (Å²) < 4.78 is 0. The van der Waals surface area contributed by atoms with Gasteiger partial charge in [-0.15, -0.1) is 0 Å². The zero-order chi connectivity index (χ0) is 9.84. The minimum absolute atomic E-state index is 0.0844. The summed E-state index contributed by atoms with van der Waals surface area (Å²) in [7, 11) is 0. The van der Waals surface area contributed by atoms with E-state index in [4.69, 9.17) is 0 Å². The third-order valence-corrected chi connectivity index (χ3v) is 2.02. The second-order valence-electron chi connectivity index (χ2n) is 2.97. The molecule has 0 aromatic heterocycles. The number of aryl methyl sites for hydroxylation is 1. The predicted molar refractivity (Wildman–Crippen MR) is 51.2 cm³/mol. The summed E-state index contributed by atoms with van der Waals surface area (Å²) in [5.41, 5.74) is 2.15. The monoisotopic (exact) mass is 176 g/mol. The lowest BCUT2D eigenvalue weighted by atomic mass is 10.0. The van der Waals surface area contributed by atoms with Gasteiger partial charge in [0.2, 0.25) is 0 Å². The highest BCUT2D eigenvalue weighted by atomic mass is 16.1. The van der Waals surface area contributed by atoms with E-state index in [9.17, 15) is 9.59 Å². The SMILES string of the molecule is CCC(=O)c1cc(C=O)ccc1C. The second kappa shape index (κ2) is 3.99. The summed E-state index contributed by atoms with van der Waals surface area (Å²) in [6.45, 7) is 3.69. The van der Waals surface area contributed by atoms with E-state index in [2.05, 4.69) is 0 Å². The van der Waals surface area contributed by atoms with Gasteiger partial charge in [0.25, 0.3) is 0 Å². The Morgan fingerprint density at radius 2 is 2.15 bits per heavy atom. The van der Waals surface area contributed by atoms with Crippen LogP contribution in [0, 0.1) is 6.92 Å². The van der Waals surface area contributed by atoms with Crippen LogP contribution in [0.2, 0.25) is 0 Å². The predicted octanol–water partition coefficient (Wildman–Crippen LogP) is 2.40. The molecule has 0 aliphatic rings. The number of ketones is 1. The van der Waals surface area contributed by atoms with Crippen LogP contribution in [0.25, 0.3) is 0 Å². The Bertz CT molecular complexity index is 340. The summed E-state index contributed by atoms with van der Waals surface area (Å²) in [4.78, 5) is 21.9. The summed E-state index contributed by atoms with van der Waals surface area (Å²) in [5.74, 6) is 0.0844. The van der Waals surface area contributed by atoms with E-state index in [1.807, 2.05) is 13.8 Å². The van der Waals surface area contributed by atoms with Gasteiger partial charge in [-0.3, -0.25) is 9.59 Å². The molecule has 0 spiro atoms. The van der Waals surface area contributed by atoms with Crippen molar-refractivity contribution in [1.29, 1.82) is 0 Å². The average Bonchev–Trinajstić information content (AvgIpc) is 2.17. The number of carbonyl (C=O) groups excluding carboxylic acids is 2. The summed E-state index contributed by atoms with van der Waals surface area (Å²) >= 11 is 0. The van der Waals surface area contributed by atoms with Gasteiger partial charge in [0.05, 0.1) is 0 Å². The van der Waals surface area contributed by atoms with Gasteiger partial charge in [0, 0.05) is 17.5 Å². The van der Waals surface area contributed by atoms with Crippen molar-refractivity contribution < 1.29 is 9.59 Å². The van der Waals surface area contributed by atoms with Crippen LogP contribution in [0.3, 0.4) is 0 Å². The van der Waals surface area contributed by atoms with E-state index in [-0.39, 0.29) is 5.78 Å². The first-order valence-electron chi connectivity index (χ1n) is 4.28. The number of benzene rings is 1. The molecule has 0 fully saturated rings. The third kappa shape index (κ3) is 2.02. The quantitative estimate of drug-likeness (QED) is 0.523. The molecule has 0 aliphatic heterocycles. The maximum absolute atomic E-state index is 11.4. The zero-order valence-electron chi connectivity index (χ0n) is 7.83. The highest BCUT2D eigenvalue weighted by molar-refractivity contribution is 5.98. The maximum Gasteiger partial charge on any atom is 0.162 e. The molecule has 1 rings (SSSR count). The van der Waals surface area contributed by atoms with Crippen molar-refractivity contribution in [3.63, 3.8) is 0 Å². The average molecular weight is 176 g/mol. The van der Waals surface area contributed by atoms with Gasteiger partial charge in [0.15, 0.2) is 5.78 Å². The van der Waals surface area contributed by atoms with E-state index in [1.54, 1.807) is 18.2 Å². The Labute approximate surface area is 77.6 Å². The van der Waals surface area contributed by atoms with Crippen molar-refractivity contribution in [3.8, 4) is 0 Å². The molecule has 0 heterocycles. The number of Topliss-reactive ketones (excluding diaryl/α,β-unsaturated/α-hetero) is 1. The van der Waals surface area contributed by atoms with Crippen LogP contribution in [-0.2, 0) is 0 Å². The van der Waals surface area contributed by atoms with Crippen LogP contribution in [-0.4, -0.2) is 12.1 Å². The van der Waals surface area contributed by atoms with Crippen LogP contribution < -0.4 is 0 Å². The zero-order valence-corrected chi connectivity index (χ0v) is 7.83. The lowest BCUT2D eigenvalue weighted by molar-refractivity contribution is 0.0987. The van der Waals surface area contributed by atoms with E-state index in [1.165, 1.54) is 0 Å². The molecule has 2 heteroatoms. The van der Waals surface area contributed by atoms with Crippen LogP contribution in [0.1, 0.15) is 39.6 Å². The molecule has 0 aliphatic carbocycles. The smallest absolute Gasteiger partial charge is 0.162 e. The Kier molecular flexibility index (Phi) is 2.96. The molecule has 0 atom stereocenters. The van der Waals surface area contributed by atoms with Gasteiger partial charge in [-0.1, -0.05) is 19.1 Å². The fourth-order valence-corrected chi connectivity index (χ4v) is 1.20. The highest BCUT2D eigenvalue weighted by Crippen LogP contribution is 2.12. The van der Waals surface area contributed by atoms with Crippen molar-refractivity contribution in [2.75, 3.05) is 0 Å². The lowest BCUT2D eigenvalue weighted by Crippen LogP contribution is -2.00. The molecule has 0 saturated carbocycles. The fourth-order valence-electron chi connectivity index (χ4n) is 1.20. The van der Waals surface area contributed by atoms with Gasteiger partial charge in [-0.2, -0.15) is 0 Å². The van der Waals surface area contributed by atoms with Gasteiger partial charge in [0.1, 0.15) is 6.29 Å². The first-order valence-corrected chi connectivity index (χ1v) is 4.28. The lowest BCUT2D eigenvalue weighted by Gasteiger charge is -2.03. The molecule has 0 unspecified atom stereocenters. The Balaban J connectivity index is 3.18. The van der Waals surface area contributed by atoms with E-state index >= 15 is 0 Å². The largest absolute Gasteiger partial charge is 0.298 e. The number of rotatable bonds is 3. The summed E-state index contributed by atoms with van der Waals surface area (Å²) in [5, 5.41) is 0. The van der Waals surface area contributed by atoms with Gasteiger partial charge < -0.3 is 0 Å². The molecule has 0 bridgehead atoms. The van der Waals surface area contributed by atoms with Gasteiger partial charge >= 0.3 is 0 Å². The normalized spacial score (nSPS) is 9.69. The first kappa shape index (κ1) is 9.65. The van der Waals surface area contributed by atoms with Crippen molar-refractivity contribution >= 4 is 12.1 Å². The van der Waals surface area contributed by atoms with Crippen molar-refractivity contribution in [1.82, 2.24) is 0 Å². The molecule has 13 heavy (non-hydrogen) atoms. The van der Waals surface area contributed by atoms with Crippen LogP contribution >= 0.6 is 0 Å². The number of aldehydes is 1. The van der Waals surface area contributed by atoms with Crippen LogP contribution in [0.15, 0.2) is 18.2 Å². The molecule has 0 N–H and O–H groups in total. The molecule has 0 saturated heterocycles. The molecule has 68 valence electrons. The summed E-state index contributed by atoms with van der Waals surface area (Å²) in [6, 6.07) is 5.16. The molecular weight excluding hydrogens is 164 g/mol. The van der Waals surface area contributed by atoms with E-state index in [0.717, 1.165) is 11.8 Å². The van der Waals surface area contributed by atoms with E-state index in [0.29, 0.717) is 17.5 Å². The van der Waals surface area contributed by atoms with Crippen LogP contribution in [0.5, 0.6) is 0 Å². The highest BCUT2D eigenvalue weighted by Gasteiger charge is 2.06. The van der Waals surface area contributed by atoms with Crippen LogP contribution in [0.4, 0.5) is 0 Å². The third-order valence-electron chi connectivity index (χ3n) is 2.02. The van der Waals surface area contributed by atoms with Gasteiger partial charge in [-0.25, -0.2) is 0 Å². The minimum Gasteiger partial charge on any atom is -0.298 e. The Morgan fingerprint density at radius 3 is 2.69 bits per heavy atom. The molecule has 1 aromatic rings. The molecule has 1 aromatic carbocycles. The Morgan fingerprint density at radius 1 is 1.46 bits per heavy atom. The number of carbonyl (C=O) groups is 2. The molecule has 0 radical (unpaired) electrons. The van der Waals surface area contributed by atoms with Crippen molar-refractivity contribution in [2.45, 2.75) is 20.3 Å². The minimum atomic E-state index is 0.0844. The topological polar surface area (TPSA) is 34.1 Å². The van der Waals surface area contributed by atoms with E-state index < -0.39 is 0 Å². The number of hydrogen-bond acceptors (Lipinski definition) is 2. The Hall–Kier alpha value is -1.44. The fraction of sp³-hybridized carbons (Fsp3) is 0.273. The van der Waals surface area contributed by atoms with Crippen molar-refractivity contribution in [3.05, 3.63) is 34.9 Å². The standard InChI is InChI=1S/C11H12O2/c1-3-11(13)10-6-9(7-12)5-4-8(10)2/h4-7H,3H2,1-2H3.